The van der Waals surface area contributed by atoms with E-state index in [1.54, 1.807) is 18.5 Å². The Bertz CT molecular complexity index is 608. The highest BCUT2D eigenvalue weighted by atomic mass is 32.2. The molecule has 2 heterocycles. The van der Waals surface area contributed by atoms with E-state index >= 15 is 0 Å². The number of thioether (sulfide) groups is 1. The molecule has 0 bridgehead atoms. The molecule has 1 aliphatic heterocycles. The Morgan fingerprint density at radius 2 is 2.21 bits per heavy atom. The van der Waals surface area contributed by atoms with Gasteiger partial charge in [0.15, 0.2) is 5.82 Å². The largest absolute Gasteiger partial charge is 0.489 e. The Morgan fingerprint density at radius 1 is 1.37 bits per heavy atom. The van der Waals surface area contributed by atoms with Gasteiger partial charge in [-0.1, -0.05) is 11.8 Å². The van der Waals surface area contributed by atoms with Gasteiger partial charge in [0, 0.05) is 30.1 Å². The summed E-state index contributed by atoms with van der Waals surface area (Å²) in [5, 5.41) is 0.702. The van der Waals surface area contributed by atoms with Crippen molar-refractivity contribution in [1.29, 1.82) is 0 Å². The average molecular weight is 277 g/mol. The average Bonchev–Trinajstić information content (AvgIpc) is 2.79. The predicted octanol–water partition coefficient (Wildman–Crippen LogP) is 2.29. The van der Waals surface area contributed by atoms with Crippen molar-refractivity contribution in [2.75, 3.05) is 11.5 Å². The zero-order valence-electron chi connectivity index (χ0n) is 10.0. The van der Waals surface area contributed by atoms with Gasteiger partial charge >= 0.3 is 0 Å². The summed E-state index contributed by atoms with van der Waals surface area (Å²) in [6, 6.07) is 4.61. The lowest BCUT2D eigenvalue weighted by molar-refractivity contribution is 0.259. The van der Waals surface area contributed by atoms with E-state index in [0.29, 0.717) is 23.0 Å². The minimum Gasteiger partial charge on any atom is -0.489 e. The molecule has 0 saturated carbocycles. The number of ether oxygens (including phenoxy) is 1. The third kappa shape index (κ3) is 2.63. The standard InChI is InChI=1S/C13H12FN3OS/c14-9-1-2-11-8(5-9)6-10(18-11)7-19-13-12(15)16-3-4-17-13/h1-5,10H,6-7H2,(H2,15,16). The Balaban J connectivity index is 1.63. The lowest BCUT2D eigenvalue weighted by Gasteiger charge is -2.10. The summed E-state index contributed by atoms with van der Waals surface area (Å²) in [7, 11) is 0. The fraction of sp³-hybridized carbons (Fsp3) is 0.231. The lowest BCUT2D eigenvalue weighted by Crippen LogP contribution is -2.16. The number of fused-ring (bicyclic) bond motifs is 1. The number of halogens is 1. The second-order valence-corrected chi connectivity index (χ2v) is 5.26. The highest BCUT2D eigenvalue weighted by Crippen LogP contribution is 2.32. The molecule has 4 nitrogen and oxygen atoms in total. The van der Waals surface area contributed by atoms with E-state index in [0.717, 1.165) is 11.3 Å². The van der Waals surface area contributed by atoms with Crippen LogP contribution in [0.4, 0.5) is 10.2 Å². The molecule has 98 valence electrons. The van der Waals surface area contributed by atoms with E-state index in [1.165, 1.54) is 23.9 Å². The highest BCUT2D eigenvalue weighted by Gasteiger charge is 2.23. The van der Waals surface area contributed by atoms with Gasteiger partial charge < -0.3 is 10.5 Å². The third-order valence-electron chi connectivity index (χ3n) is 2.86. The van der Waals surface area contributed by atoms with Gasteiger partial charge in [-0.2, -0.15) is 0 Å². The Hall–Kier alpha value is -1.82. The molecule has 6 heteroatoms. The van der Waals surface area contributed by atoms with Crippen molar-refractivity contribution < 1.29 is 9.13 Å². The van der Waals surface area contributed by atoms with Crippen LogP contribution >= 0.6 is 11.8 Å². The number of hydrogen-bond donors (Lipinski definition) is 1. The van der Waals surface area contributed by atoms with Crippen LogP contribution in [0.1, 0.15) is 5.56 Å². The molecule has 1 unspecified atom stereocenters. The normalized spacial score (nSPS) is 17.0. The highest BCUT2D eigenvalue weighted by molar-refractivity contribution is 7.99. The lowest BCUT2D eigenvalue weighted by atomic mass is 10.1. The summed E-state index contributed by atoms with van der Waals surface area (Å²) in [5.74, 6) is 1.67. The van der Waals surface area contributed by atoms with Crippen LogP contribution in [-0.2, 0) is 6.42 Å². The monoisotopic (exact) mass is 277 g/mol. The Morgan fingerprint density at radius 3 is 3.05 bits per heavy atom. The Labute approximate surface area is 114 Å². The molecule has 1 aromatic heterocycles. The number of rotatable bonds is 3. The molecule has 0 fully saturated rings. The van der Waals surface area contributed by atoms with Crippen LogP contribution in [-0.4, -0.2) is 21.8 Å². The van der Waals surface area contributed by atoms with Gasteiger partial charge in [0.1, 0.15) is 22.7 Å². The van der Waals surface area contributed by atoms with Crippen LogP contribution in [0.15, 0.2) is 35.6 Å². The molecule has 0 saturated heterocycles. The first-order valence-electron chi connectivity index (χ1n) is 5.87. The van der Waals surface area contributed by atoms with Crippen LogP contribution in [0.2, 0.25) is 0 Å². The molecule has 0 amide bonds. The van der Waals surface area contributed by atoms with Gasteiger partial charge in [0.25, 0.3) is 0 Å². The second-order valence-electron chi connectivity index (χ2n) is 4.25. The van der Waals surface area contributed by atoms with Gasteiger partial charge in [-0.05, 0) is 18.2 Å². The zero-order chi connectivity index (χ0) is 13.2. The van der Waals surface area contributed by atoms with E-state index < -0.39 is 0 Å². The quantitative estimate of drug-likeness (QED) is 0.872. The second kappa shape index (κ2) is 5.05. The summed E-state index contributed by atoms with van der Waals surface area (Å²) < 4.78 is 18.8. The maximum Gasteiger partial charge on any atom is 0.156 e. The Kier molecular flexibility index (Phi) is 3.25. The maximum absolute atomic E-state index is 13.1. The van der Waals surface area contributed by atoms with Gasteiger partial charge in [0.05, 0.1) is 0 Å². The van der Waals surface area contributed by atoms with Crippen LogP contribution < -0.4 is 10.5 Å². The van der Waals surface area contributed by atoms with E-state index in [4.69, 9.17) is 10.5 Å². The predicted molar refractivity (Wildman–Crippen MR) is 71.7 cm³/mol. The minimum absolute atomic E-state index is 0.0169. The fourth-order valence-corrected chi connectivity index (χ4v) is 2.87. The van der Waals surface area contributed by atoms with Gasteiger partial charge in [-0.25, -0.2) is 14.4 Å². The zero-order valence-corrected chi connectivity index (χ0v) is 10.9. The topological polar surface area (TPSA) is 61.0 Å². The smallest absolute Gasteiger partial charge is 0.156 e. The number of hydrogen-bond acceptors (Lipinski definition) is 5. The van der Waals surface area contributed by atoms with E-state index in [1.807, 2.05) is 0 Å². The maximum atomic E-state index is 13.1. The molecular weight excluding hydrogens is 265 g/mol. The third-order valence-corrected chi connectivity index (χ3v) is 3.99. The molecule has 0 aliphatic carbocycles. The summed E-state index contributed by atoms with van der Waals surface area (Å²) in [6.45, 7) is 0. The van der Waals surface area contributed by atoms with Crippen molar-refractivity contribution in [3.05, 3.63) is 42.0 Å². The molecule has 1 atom stereocenters. The molecule has 19 heavy (non-hydrogen) atoms. The molecule has 1 aliphatic rings. The molecule has 0 radical (unpaired) electrons. The molecule has 2 aromatic rings. The number of anilines is 1. The van der Waals surface area contributed by atoms with Gasteiger partial charge in [-0.3, -0.25) is 0 Å². The van der Waals surface area contributed by atoms with Crippen molar-refractivity contribution in [1.82, 2.24) is 9.97 Å². The molecule has 0 spiro atoms. The van der Waals surface area contributed by atoms with E-state index in [2.05, 4.69) is 9.97 Å². The summed E-state index contributed by atoms with van der Waals surface area (Å²) in [4.78, 5) is 8.14. The molecule has 3 rings (SSSR count). The van der Waals surface area contributed by atoms with Crippen molar-refractivity contribution in [2.24, 2.45) is 0 Å². The summed E-state index contributed by atoms with van der Waals surface area (Å²) in [5.41, 5.74) is 6.64. The number of nitrogen functional groups attached to an aromatic ring is 1. The number of nitrogens with zero attached hydrogens (tertiary/aromatic N) is 2. The first-order valence-corrected chi connectivity index (χ1v) is 6.85. The van der Waals surface area contributed by atoms with Crippen LogP contribution in [0, 0.1) is 5.82 Å². The molecule has 1 aromatic carbocycles. The van der Waals surface area contributed by atoms with Gasteiger partial charge in [0.2, 0.25) is 0 Å². The first kappa shape index (κ1) is 12.2. The summed E-state index contributed by atoms with van der Waals surface area (Å²) >= 11 is 1.50. The number of nitrogens with two attached hydrogens (primary N) is 1. The minimum atomic E-state index is -0.228. The van der Waals surface area contributed by atoms with Crippen molar-refractivity contribution in [3.8, 4) is 5.75 Å². The van der Waals surface area contributed by atoms with E-state index in [-0.39, 0.29) is 11.9 Å². The first-order chi connectivity index (χ1) is 9.22. The molecule has 2 N–H and O–H groups in total. The van der Waals surface area contributed by atoms with Crippen LogP contribution in [0.5, 0.6) is 5.75 Å². The van der Waals surface area contributed by atoms with E-state index in [9.17, 15) is 4.39 Å². The summed E-state index contributed by atoms with van der Waals surface area (Å²) in [6.07, 6.45) is 3.89. The SMILES string of the molecule is Nc1nccnc1SCC1Cc2cc(F)ccc2O1. The fourth-order valence-electron chi connectivity index (χ4n) is 2.00. The number of aromatic nitrogens is 2. The van der Waals surface area contributed by atoms with Crippen LogP contribution in [0.25, 0.3) is 0 Å². The van der Waals surface area contributed by atoms with Crippen molar-refractivity contribution in [3.63, 3.8) is 0 Å². The number of benzene rings is 1. The van der Waals surface area contributed by atoms with Gasteiger partial charge in [-0.15, -0.1) is 0 Å². The van der Waals surface area contributed by atoms with Crippen molar-refractivity contribution >= 4 is 17.6 Å². The van der Waals surface area contributed by atoms with Crippen LogP contribution in [0.3, 0.4) is 0 Å². The van der Waals surface area contributed by atoms with Crippen molar-refractivity contribution in [2.45, 2.75) is 17.6 Å². The molecular formula is C13H12FN3OS.